The SMILES string of the molecule is CSCCNc1cc(Br)cc(F)c1C(N)=O. The molecule has 0 saturated heterocycles. The fourth-order valence-electron chi connectivity index (χ4n) is 1.25. The number of primary amides is 1. The summed E-state index contributed by atoms with van der Waals surface area (Å²) in [6.07, 6.45) is 1.97. The number of carbonyl (C=O) groups is 1. The van der Waals surface area contributed by atoms with Crippen molar-refractivity contribution in [2.24, 2.45) is 5.73 Å². The maximum absolute atomic E-state index is 13.5. The zero-order valence-electron chi connectivity index (χ0n) is 8.72. The fraction of sp³-hybridized carbons (Fsp3) is 0.300. The maximum Gasteiger partial charge on any atom is 0.253 e. The summed E-state index contributed by atoms with van der Waals surface area (Å²) in [4.78, 5) is 11.1. The van der Waals surface area contributed by atoms with Gasteiger partial charge in [-0.25, -0.2) is 4.39 Å². The smallest absolute Gasteiger partial charge is 0.253 e. The molecule has 0 bridgehead atoms. The highest BCUT2D eigenvalue weighted by atomic mass is 79.9. The molecule has 0 fully saturated rings. The molecule has 0 aromatic heterocycles. The summed E-state index contributed by atoms with van der Waals surface area (Å²) >= 11 is 4.83. The second-order valence-electron chi connectivity index (χ2n) is 3.09. The van der Waals surface area contributed by atoms with E-state index in [0.29, 0.717) is 16.7 Å². The number of carbonyl (C=O) groups excluding carboxylic acids is 1. The van der Waals surface area contributed by atoms with Crippen molar-refractivity contribution >= 4 is 39.3 Å². The van der Waals surface area contributed by atoms with E-state index in [4.69, 9.17) is 5.73 Å². The predicted molar refractivity (Wildman–Crippen MR) is 69.5 cm³/mol. The Bertz CT molecular complexity index is 401. The number of anilines is 1. The van der Waals surface area contributed by atoms with Crippen molar-refractivity contribution in [3.63, 3.8) is 0 Å². The summed E-state index contributed by atoms with van der Waals surface area (Å²) in [5.41, 5.74) is 5.46. The first-order valence-corrected chi connectivity index (χ1v) is 6.76. The lowest BCUT2D eigenvalue weighted by Gasteiger charge is -2.10. The third kappa shape index (κ3) is 3.38. The first-order valence-electron chi connectivity index (χ1n) is 4.58. The Hall–Kier alpha value is -0.750. The molecule has 0 radical (unpaired) electrons. The summed E-state index contributed by atoms with van der Waals surface area (Å²) in [6, 6.07) is 2.86. The Kier molecular flexibility index (Phi) is 5.08. The van der Waals surface area contributed by atoms with Gasteiger partial charge in [-0.1, -0.05) is 15.9 Å². The summed E-state index contributed by atoms with van der Waals surface area (Å²) in [6.45, 7) is 0.650. The zero-order chi connectivity index (χ0) is 12.1. The number of nitrogens with two attached hydrogens (primary N) is 1. The van der Waals surface area contributed by atoms with Gasteiger partial charge in [0.05, 0.1) is 11.3 Å². The van der Waals surface area contributed by atoms with E-state index in [0.717, 1.165) is 5.75 Å². The topological polar surface area (TPSA) is 55.1 Å². The first-order chi connectivity index (χ1) is 7.56. The highest BCUT2D eigenvalue weighted by molar-refractivity contribution is 9.10. The molecule has 6 heteroatoms. The van der Waals surface area contributed by atoms with Gasteiger partial charge in [-0.3, -0.25) is 4.79 Å². The Labute approximate surface area is 106 Å². The molecule has 3 nitrogen and oxygen atoms in total. The molecule has 0 aliphatic carbocycles. The van der Waals surface area contributed by atoms with Crippen LogP contribution in [0, 0.1) is 5.82 Å². The lowest BCUT2D eigenvalue weighted by molar-refractivity contribution is 0.0997. The van der Waals surface area contributed by atoms with Gasteiger partial charge >= 0.3 is 0 Å². The molecule has 1 rings (SSSR count). The Morgan fingerprint density at radius 2 is 2.31 bits per heavy atom. The Morgan fingerprint density at radius 1 is 1.62 bits per heavy atom. The van der Waals surface area contributed by atoms with Crippen LogP contribution in [-0.2, 0) is 0 Å². The lowest BCUT2D eigenvalue weighted by Crippen LogP contribution is -2.17. The van der Waals surface area contributed by atoms with Crippen molar-refractivity contribution < 1.29 is 9.18 Å². The highest BCUT2D eigenvalue weighted by Gasteiger charge is 2.14. The van der Waals surface area contributed by atoms with Gasteiger partial charge in [0.2, 0.25) is 0 Å². The molecule has 0 unspecified atom stereocenters. The van der Waals surface area contributed by atoms with Crippen LogP contribution in [0.4, 0.5) is 10.1 Å². The number of benzene rings is 1. The van der Waals surface area contributed by atoms with Crippen LogP contribution >= 0.6 is 27.7 Å². The minimum absolute atomic E-state index is 0.0932. The third-order valence-corrected chi connectivity index (χ3v) is 2.99. The average Bonchev–Trinajstić information content (AvgIpc) is 2.16. The molecule has 3 N–H and O–H groups in total. The van der Waals surface area contributed by atoms with Crippen LogP contribution in [0.3, 0.4) is 0 Å². The molecular formula is C10H12BrFN2OS. The van der Waals surface area contributed by atoms with Crippen LogP contribution in [0.2, 0.25) is 0 Å². The second kappa shape index (κ2) is 6.10. The molecule has 1 aromatic carbocycles. The van der Waals surface area contributed by atoms with Crippen LogP contribution in [0.25, 0.3) is 0 Å². The van der Waals surface area contributed by atoms with Gasteiger partial charge in [0, 0.05) is 16.8 Å². The van der Waals surface area contributed by atoms with Crippen LogP contribution in [-0.4, -0.2) is 24.5 Å². The number of halogens is 2. The highest BCUT2D eigenvalue weighted by Crippen LogP contribution is 2.24. The van der Waals surface area contributed by atoms with Crippen LogP contribution in [0.15, 0.2) is 16.6 Å². The number of hydrogen-bond acceptors (Lipinski definition) is 3. The first kappa shape index (κ1) is 13.3. The van der Waals surface area contributed by atoms with E-state index < -0.39 is 11.7 Å². The van der Waals surface area contributed by atoms with Crippen molar-refractivity contribution in [1.29, 1.82) is 0 Å². The van der Waals surface area contributed by atoms with E-state index in [2.05, 4.69) is 21.2 Å². The fourth-order valence-corrected chi connectivity index (χ4v) is 1.99. The average molecular weight is 307 g/mol. The minimum Gasteiger partial charge on any atom is -0.383 e. The zero-order valence-corrected chi connectivity index (χ0v) is 11.1. The van der Waals surface area contributed by atoms with Crippen molar-refractivity contribution in [2.45, 2.75) is 0 Å². The largest absolute Gasteiger partial charge is 0.383 e. The molecule has 1 aromatic rings. The maximum atomic E-state index is 13.5. The molecule has 88 valence electrons. The van der Waals surface area contributed by atoms with Gasteiger partial charge in [0.1, 0.15) is 5.82 Å². The van der Waals surface area contributed by atoms with Crippen molar-refractivity contribution in [3.05, 3.63) is 28.0 Å². The van der Waals surface area contributed by atoms with Crippen LogP contribution in [0.5, 0.6) is 0 Å². The van der Waals surface area contributed by atoms with Crippen LogP contribution < -0.4 is 11.1 Å². The van der Waals surface area contributed by atoms with Gasteiger partial charge < -0.3 is 11.1 Å². The van der Waals surface area contributed by atoms with Crippen molar-refractivity contribution in [3.8, 4) is 0 Å². The van der Waals surface area contributed by atoms with E-state index in [9.17, 15) is 9.18 Å². The Balaban J connectivity index is 2.99. The van der Waals surface area contributed by atoms with E-state index in [-0.39, 0.29) is 5.56 Å². The standard InChI is InChI=1S/C10H12BrFN2OS/c1-16-3-2-14-8-5-6(11)4-7(12)9(8)10(13)15/h4-5,14H,2-3H2,1H3,(H2,13,15). The molecule has 0 aliphatic heterocycles. The molecule has 16 heavy (non-hydrogen) atoms. The van der Waals surface area contributed by atoms with Gasteiger partial charge in [-0.15, -0.1) is 0 Å². The van der Waals surface area contributed by atoms with E-state index >= 15 is 0 Å². The minimum atomic E-state index is -0.767. The quantitative estimate of drug-likeness (QED) is 0.822. The molecule has 0 saturated carbocycles. The van der Waals surface area contributed by atoms with Crippen molar-refractivity contribution in [1.82, 2.24) is 0 Å². The third-order valence-electron chi connectivity index (χ3n) is 1.92. The molecule has 1 amide bonds. The second-order valence-corrected chi connectivity index (χ2v) is 5.00. The summed E-state index contributed by atoms with van der Waals surface area (Å²) < 4.78 is 14.1. The monoisotopic (exact) mass is 306 g/mol. The molecule has 0 spiro atoms. The van der Waals surface area contributed by atoms with Crippen LogP contribution in [0.1, 0.15) is 10.4 Å². The summed E-state index contributed by atoms with van der Waals surface area (Å²) in [7, 11) is 0. The van der Waals surface area contributed by atoms with E-state index in [1.807, 2.05) is 6.26 Å². The molecule has 0 aliphatic rings. The summed E-state index contributed by atoms with van der Waals surface area (Å²) in [5.74, 6) is -0.517. The number of thioether (sulfide) groups is 1. The van der Waals surface area contributed by atoms with Crippen molar-refractivity contribution in [2.75, 3.05) is 23.9 Å². The van der Waals surface area contributed by atoms with Gasteiger partial charge in [0.15, 0.2) is 0 Å². The van der Waals surface area contributed by atoms with Gasteiger partial charge in [-0.2, -0.15) is 11.8 Å². The molecular weight excluding hydrogens is 295 g/mol. The lowest BCUT2D eigenvalue weighted by atomic mass is 10.1. The summed E-state index contributed by atoms with van der Waals surface area (Å²) in [5, 5.41) is 2.99. The number of amides is 1. The number of hydrogen-bond donors (Lipinski definition) is 2. The number of rotatable bonds is 5. The normalized spacial score (nSPS) is 10.2. The van der Waals surface area contributed by atoms with E-state index in [1.165, 1.54) is 6.07 Å². The van der Waals surface area contributed by atoms with Gasteiger partial charge in [0.25, 0.3) is 5.91 Å². The number of nitrogens with one attached hydrogen (secondary N) is 1. The molecule has 0 heterocycles. The molecule has 0 atom stereocenters. The Morgan fingerprint density at radius 3 is 2.88 bits per heavy atom. The van der Waals surface area contributed by atoms with Gasteiger partial charge in [-0.05, 0) is 18.4 Å². The predicted octanol–water partition coefficient (Wildman–Crippen LogP) is 2.46. The van der Waals surface area contributed by atoms with E-state index in [1.54, 1.807) is 17.8 Å².